The second-order valence-corrected chi connectivity index (χ2v) is 21.6. The average Bonchev–Trinajstić information content (AvgIpc) is 2.46. The van der Waals surface area contributed by atoms with Crippen LogP contribution in [0.2, 0.25) is 0 Å². The van der Waals surface area contributed by atoms with Crippen LogP contribution in [0.5, 0.6) is 23.0 Å². The first kappa shape index (κ1) is 57.1. The van der Waals surface area contributed by atoms with Crippen molar-refractivity contribution in [2.24, 2.45) is 18.1 Å². The van der Waals surface area contributed by atoms with Gasteiger partial charge in [0.25, 0.3) is 0 Å². The first-order valence-corrected chi connectivity index (χ1v) is 28.1. The molecule has 12 rings (SSSR count). The van der Waals surface area contributed by atoms with Crippen LogP contribution in [0.15, 0.2) is 109 Å². The maximum Gasteiger partial charge on any atom is 0.246 e. The Hall–Kier alpha value is -10.4. The molecule has 0 radical (unpaired) electrons. The Bertz CT molecular complexity index is 4280. The summed E-state index contributed by atoms with van der Waals surface area (Å²) in [6, 6.07) is 17.2. The van der Waals surface area contributed by atoms with E-state index in [1.54, 1.807) is 50.1 Å². The van der Waals surface area contributed by atoms with Crippen molar-refractivity contribution in [3.05, 3.63) is 144 Å². The van der Waals surface area contributed by atoms with E-state index in [9.17, 15) is 9.59 Å². The van der Waals surface area contributed by atoms with Crippen molar-refractivity contribution in [2.45, 2.75) is 52.6 Å². The Morgan fingerprint density at radius 3 is 1.91 bits per heavy atom. The van der Waals surface area contributed by atoms with Crippen molar-refractivity contribution >= 4 is 90.9 Å². The molecule has 9 aromatic rings. The number of carbonyl (C=O) groups is 2. The minimum absolute atomic E-state index is 0.0101. The lowest BCUT2D eigenvalue weighted by Crippen LogP contribution is -2.56. The number of nitrogens with zero attached hydrogens (tertiary/aromatic N) is 14. The van der Waals surface area contributed by atoms with E-state index in [4.69, 9.17) is 25.0 Å². The Morgan fingerprint density at radius 1 is 0.713 bits per heavy atom. The van der Waals surface area contributed by atoms with Crippen LogP contribution < -0.4 is 35.2 Å². The highest BCUT2D eigenvalue weighted by Gasteiger charge is 2.41. The lowest BCUT2D eigenvalue weighted by molar-refractivity contribution is -0.129. The number of rotatable bonds is 17. The van der Waals surface area contributed by atoms with Gasteiger partial charge in [-0.1, -0.05) is 17.9 Å². The van der Waals surface area contributed by atoms with E-state index in [1.165, 1.54) is 60.7 Å². The summed E-state index contributed by atoms with van der Waals surface area (Å²) in [5.74, 6) is -0.269. The second-order valence-electron chi connectivity index (χ2n) is 21.6. The second kappa shape index (κ2) is 23.6. The number of anilines is 7. The number of hydrogen-bond donors (Lipinski definition) is 4. The maximum atomic E-state index is 16.2. The summed E-state index contributed by atoms with van der Waals surface area (Å²) in [6.07, 6.45) is 9.16. The first-order chi connectivity index (χ1) is 42.0. The molecule has 444 valence electrons. The number of nitrogens with one attached hydrogen (secondary N) is 4. The van der Waals surface area contributed by atoms with Crippen LogP contribution in [0.1, 0.15) is 36.5 Å². The molecule has 22 nitrogen and oxygen atoms in total. The molecular formula is C61H58F4N18O4. The third-order valence-electron chi connectivity index (χ3n) is 16.0. The number of pyridine rings is 2. The number of aryl methyl sites for hydroxylation is 1. The molecular weight excluding hydrogens is 1120 g/mol. The van der Waals surface area contributed by atoms with Crippen LogP contribution >= 0.6 is 0 Å². The zero-order valence-corrected chi connectivity index (χ0v) is 47.9. The molecule has 1 saturated carbocycles. The first-order valence-electron chi connectivity index (χ1n) is 28.1. The van der Waals surface area contributed by atoms with Crippen molar-refractivity contribution in [1.82, 2.24) is 54.7 Å². The maximum absolute atomic E-state index is 16.2. The summed E-state index contributed by atoms with van der Waals surface area (Å²) in [4.78, 5) is 61.3. The average molecular weight is 1180 g/mol. The monoisotopic (exact) mass is 1180 g/mol. The van der Waals surface area contributed by atoms with Gasteiger partial charge in [0.2, 0.25) is 11.8 Å². The Kier molecular flexibility index (Phi) is 15.5. The number of halogens is 4. The molecule has 1 aliphatic carbocycles. The van der Waals surface area contributed by atoms with Crippen LogP contribution in [0, 0.1) is 55.5 Å². The van der Waals surface area contributed by atoms with E-state index in [-0.39, 0.29) is 110 Å². The van der Waals surface area contributed by atoms with Gasteiger partial charge in [-0.15, -0.1) is 5.10 Å². The van der Waals surface area contributed by atoms with E-state index in [0.29, 0.717) is 84.4 Å². The van der Waals surface area contributed by atoms with Crippen molar-refractivity contribution < 1.29 is 36.6 Å². The molecule has 3 aliphatic rings. The number of fused-ring (bicyclic) bond motifs is 3. The van der Waals surface area contributed by atoms with Crippen LogP contribution in [-0.4, -0.2) is 124 Å². The fourth-order valence-electron chi connectivity index (χ4n) is 11.1. The molecule has 5 aromatic heterocycles. The van der Waals surface area contributed by atoms with Gasteiger partial charge in [-0.05, 0) is 101 Å². The van der Waals surface area contributed by atoms with Crippen molar-refractivity contribution in [3.63, 3.8) is 0 Å². The molecule has 4 aromatic carbocycles. The van der Waals surface area contributed by atoms with E-state index in [2.05, 4.69) is 62.8 Å². The zero-order valence-electron chi connectivity index (χ0n) is 47.9. The van der Waals surface area contributed by atoms with E-state index >= 15 is 17.6 Å². The third kappa shape index (κ3) is 11.3. The summed E-state index contributed by atoms with van der Waals surface area (Å²) in [5, 5.41) is 20.4. The number of aromatic nitrogens is 9. The summed E-state index contributed by atoms with van der Waals surface area (Å²) >= 11 is 0. The zero-order chi connectivity index (χ0) is 60.8. The van der Waals surface area contributed by atoms with Crippen LogP contribution in [0.3, 0.4) is 0 Å². The molecule has 0 unspecified atom stereocenters. The van der Waals surface area contributed by atoms with Crippen LogP contribution in [0.4, 0.5) is 63.6 Å². The lowest BCUT2D eigenvalue weighted by atomic mass is 10.1. The number of ether oxygens (including phenoxy) is 2. The van der Waals surface area contributed by atoms with E-state index in [0.717, 1.165) is 18.9 Å². The number of benzene rings is 4. The van der Waals surface area contributed by atoms with E-state index in [1.807, 2.05) is 34.9 Å². The highest BCUT2D eigenvalue weighted by atomic mass is 19.1. The molecule has 26 heteroatoms. The number of piperazine rings is 2. The topological polar surface area (TPSA) is 246 Å². The predicted molar refractivity (Wildman–Crippen MR) is 320 cm³/mol. The lowest BCUT2D eigenvalue weighted by Gasteiger charge is -2.42. The molecule has 4 N–H and O–H groups in total. The Balaban J connectivity index is 0.653. The third-order valence-corrected chi connectivity index (χ3v) is 16.0. The molecule has 2 atom stereocenters. The normalized spacial score (nSPS) is 16.2. The fourth-order valence-corrected chi connectivity index (χ4v) is 11.1. The number of hydrogen-bond acceptors (Lipinski definition) is 19. The quantitative estimate of drug-likeness (QED) is 0.0376. The van der Waals surface area contributed by atoms with Gasteiger partial charge in [0, 0.05) is 99.9 Å². The Labute approximate surface area is 495 Å². The van der Waals surface area contributed by atoms with E-state index < -0.39 is 23.3 Å². The van der Waals surface area contributed by atoms with Gasteiger partial charge in [-0.2, -0.15) is 5.11 Å². The van der Waals surface area contributed by atoms with Gasteiger partial charge >= 0.3 is 0 Å². The highest BCUT2D eigenvalue weighted by molar-refractivity contribution is 5.91. The standard InChI is InChI=1S/C61H58F4N18O4/c1-7-51(84)83-24-22-81(29-45(83)36-10-11-36)50-19-15-42-58(75-50)61(71-31-69-42)72-39-12-16-46(33(3)53(39)63)86-37-25-38(62)56(43(26-37)76-66)67-20-8-9-52(85)82-23-21-80(28-32(82)2)49-18-14-41-57(74-49)60(70-30-68-41)73-40-13-17-47(34(4)54(40)64)87-48-27-44-59(55(65)35(48)5)79(6)78-77-44/h7-9,12-19,25-27,30-32,36,45,66-67H,1,10-11,20-24,28-29H2,2-6H3,(H,68,70,73)(H,69,71,72)/b9-8+,76-66?/t32-,45-/m1/s1. The minimum atomic E-state index is -0.792. The van der Waals surface area contributed by atoms with Gasteiger partial charge in [0.05, 0.1) is 34.1 Å². The van der Waals surface area contributed by atoms with Gasteiger partial charge in [0.15, 0.2) is 34.9 Å². The molecule has 2 aliphatic heterocycles. The fraction of sp³-hybridized carbons (Fsp3) is 0.279. The summed E-state index contributed by atoms with van der Waals surface area (Å²) in [7, 11) is 1.59. The highest BCUT2D eigenvalue weighted by Crippen LogP contribution is 2.41. The Morgan fingerprint density at radius 2 is 1.31 bits per heavy atom. The summed E-state index contributed by atoms with van der Waals surface area (Å²) in [5.41, 5.74) is 10.7. The van der Waals surface area contributed by atoms with Gasteiger partial charge in [-0.25, -0.2) is 57.7 Å². The van der Waals surface area contributed by atoms with Crippen molar-refractivity contribution in [2.75, 3.05) is 71.6 Å². The molecule has 2 saturated heterocycles. The summed E-state index contributed by atoms with van der Waals surface area (Å²) in [6.45, 7) is 13.2. The smallest absolute Gasteiger partial charge is 0.246 e. The molecule has 2 amide bonds. The molecule has 87 heavy (non-hydrogen) atoms. The van der Waals surface area contributed by atoms with Gasteiger partial charge in [-0.3, -0.25) is 9.59 Å². The largest absolute Gasteiger partial charge is 0.457 e. The molecule has 7 heterocycles. The van der Waals surface area contributed by atoms with Crippen molar-refractivity contribution in [1.29, 1.82) is 5.53 Å². The SMILES string of the molecule is C=CC(=O)N1CCN(c2ccc3ncnc(Nc4ccc(Oc5cc(F)c(NC/C=C/C(=O)N6CCN(c7ccc8ncnc(Nc9ccc(Oc%10cc%11nnn(C)c%11c(F)c%10C)c(C)c9F)c8n7)C[C@H]6C)c(N=N)c5)c(C)c4F)c3n2)C[C@@H]1C1CC1. The van der Waals surface area contributed by atoms with Crippen molar-refractivity contribution in [3.8, 4) is 23.0 Å². The predicted octanol–water partition coefficient (Wildman–Crippen LogP) is 11.2. The minimum Gasteiger partial charge on any atom is -0.457 e. The number of amides is 2. The van der Waals surface area contributed by atoms with Crippen LogP contribution in [0.25, 0.3) is 33.1 Å². The molecule has 0 bridgehead atoms. The van der Waals surface area contributed by atoms with Gasteiger partial charge in [0.1, 0.15) is 75.0 Å². The molecule has 0 spiro atoms. The van der Waals surface area contributed by atoms with Gasteiger partial charge < -0.3 is 45.0 Å². The molecule has 3 fully saturated rings. The van der Waals surface area contributed by atoms with Crippen LogP contribution in [-0.2, 0) is 16.6 Å². The number of carbonyl (C=O) groups excluding carboxylic acids is 2. The summed E-state index contributed by atoms with van der Waals surface area (Å²) < 4.78 is 76.6.